The number of carbonyl (C=O) groups is 1. The van der Waals surface area contributed by atoms with Gasteiger partial charge in [0.2, 0.25) is 5.76 Å². The van der Waals surface area contributed by atoms with Crippen LogP contribution < -0.4 is 4.74 Å². The van der Waals surface area contributed by atoms with E-state index in [0.29, 0.717) is 12.4 Å². The number of rotatable bonds is 5. The fraction of sp³-hybridized carbons (Fsp3) is 0.500. The molecule has 7 nitrogen and oxygen atoms in total. The summed E-state index contributed by atoms with van der Waals surface area (Å²) in [6, 6.07) is 1.74. The Balaban J connectivity index is 1.83. The van der Waals surface area contributed by atoms with E-state index in [-0.39, 0.29) is 17.7 Å². The van der Waals surface area contributed by atoms with Crippen LogP contribution >= 0.6 is 0 Å². The van der Waals surface area contributed by atoms with Gasteiger partial charge in [-0.15, -0.1) is 0 Å². The second-order valence-electron chi connectivity index (χ2n) is 5.20. The average molecular weight is 291 g/mol. The predicted molar refractivity (Wildman–Crippen MR) is 71.9 cm³/mol. The van der Waals surface area contributed by atoms with Crippen LogP contribution in [0, 0.1) is 13.8 Å². The molecule has 2 aromatic rings. The van der Waals surface area contributed by atoms with Gasteiger partial charge in [0, 0.05) is 11.6 Å². The zero-order chi connectivity index (χ0) is 15.0. The minimum Gasteiger partial charge on any atom is -0.479 e. The largest absolute Gasteiger partial charge is 0.479 e. The summed E-state index contributed by atoms with van der Waals surface area (Å²) in [5.41, 5.74) is 1.75. The van der Waals surface area contributed by atoms with Crippen LogP contribution in [-0.4, -0.2) is 34.3 Å². The van der Waals surface area contributed by atoms with E-state index in [4.69, 9.17) is 13.8 Å². The molecule has 2 aromatic heterocycles. The van der Waals surface area contributed by atoms with Gasteiger partial charge in [-0.3, -0.25) is 4.79 Å². The number of ether oxygens (including phenoxy) is 1. The lowest BCUT2D eigenvalue weighted by atomic mass is 10.2. The van der Waals surface area contributed by atoms with Crippen LogP contribution in [0.4, 0.5) is 0 Å². The summed E-state index contributed by atoms with van der Waals surface area (Å²) in [5.74, 6) is 1.03. The molecule has 0 radical (unpaired) electrons. The first-order chi connectivity index (χ1) is 10.1. The van der Waals surface area contributed by atoms with E-state index in [1.807, 2.05) is 13.8 Å². The third-order valence-corrected chi connectivity index (χ3v) is 3.67. The van der Waals surface area contributed by atoms with Crippen molar-refractivity contribution in [3.63, 3.8) is 0 Å². The highest BCUT2D eigenvalue weighted by atomic mass is 16.5. The van der Waals surface area contributed by atoms with Crippen molar-refractivity contribution in [2.75, 3.05) is 7.11 Å². The first-order valence-electron chi connectivity index (χ1n) is 6.83. The third-order valence-electron chi connectivity index (χ3n) is 3.67. The Kier molecular flexibility index (Phi) is 3.40. The van der Waals surface area contributed by atoms with Gasteiger partial charge in [0.1, 0.15) is 5.76 Å². The smallest absolute Gasteiger partial charge is 0.293 e. The second kappa shape index (κ2) is 5.23. The van der Waals surface area contributed by atoms with Gasteiger partial charge in [-0.2, -0.15) is 0 Å². The molecule has 1 saturated carbocycles. The maximum atomic E-state index is 12.6. The van der Waals surface area contributed by atoms with Gasteiger partial charge in [-0.1, -0.05) is 5.16 Å². The summed E-state index contributed by atoms with van der Waals surface area (Å²) in [6.45, 7) is 4.19. The van der Waals surface area contributed by atoms with E-state index >= 15 is 0 Å². The van der Waals surface area contributed by atoms with Gasteiger partial charge in [-0.05, 0) is 31.8 Å². The minimum absolute atomic E-state index is 0.186. The van der Waals surface area contributed by atoms with E-state index < -0.39 is 0 Å². The van der Waals surface area contributed by atoms with Crippen LogP contribution in [0.3, 0.4) is 0 Å². The molecule has 0 atom stereocenters. The number of aromatic nitrogens is 2. The van der Waals surface area contributed by atoms with Crippen LogP contribution in [0.15, 0.2) is 15.1 Å². The maximum absolute atomic E-state index is 12.6. The number of amides is 1. The van der Waals surface area contributed by atoms with Crippen LogP contribution in [-0.2, 0) is 6.54 Å². The van der Waals surface area contributed by atoms with Crippen molar-refractivity contribution >= 4 is 5.91 Å². The third kappa shape index (κ3) is 2.63. The zero-order valence-electron chi connectivity index (χ0n) is 12.3. The fourth-order valence-corrected chi connectivity index (χ4v) is 2.25. The Bertz CT molecular complexity index is 637. The molecule has 0 saturated heterocycles. The molecule has 0 aliphatic heterocycles. The van der Waals surface area contributed by atoms with Gasteiger partial charge >= 0.3 is 0 Å². The van der Waals surface area contributed by atoms with Gasteiger partial charge in [0.25, 0.3) is 11.8 Å². The van der Waals surface area contributed by atoms with Crippen molar-refractivity contribution in [2.45, 2.75) is 39.3 Å². The molecule has 0 N–H and O–H groups in total. The topological polar surface area (TPSA) is 81.6 Å². The molecule has 1 fully saturated rings. The Morgan fingerprint density at radius 1 is 1.38 bits per heavy atom. The number of carbonyl (C=O) groups excluding carboxylic acids is 1. The van der Waals surface area contributed by atoms with Crippen molar-refractivity contribution in [2.24, 2.45) is 0 Å². The van der Waals surface area contributed by atoms with Crippen molar-refractivity contribution in [3.8, 4) is 5.88 Å². The van der Waals surface area contributed by atoms with Gasteiger partial charge in [0.05, 0.1) is 25.4 Å². The number of methoxy groups -OCH3 is 1. The van der Waals surface area contributed by atoms with Gasteiger partial charge in [-0.25, -0.2) is 0 Å². The Morgan fingerprint density at radius 3 is 2.67 bits per heavy atom. The number of hydrogen-bond donors (Lipinski definition) is 0. The van der Waals surface area contributed by atoms with E-state index in [1.165, 1.54) is 13.2 Å². The number of nitrogens with zero attached hydrogens (tertiary/aromatic N) is 3. The first-order valence-corrected chi connectivity index (χ1v) is 6.83. The molecule has 0 unspecified atom stereocenters. The van der Waals surface area contributed by atoms with Crippen molar-refractivity contribution < 1.29 is 18.6 Å². The first kappa shape index (κ1) is 13.7. The molecule has 0 aromatic carbocycles. The molecule has 1 aliphatic rings. The summed E-state index contributed by atoms with van der Waals surface area (Å²) in [6.07, 6.45) is 2.00. The number of hydrogen-bond acceptors (Lipinski definition) is 6. The zero-order valence-corrected chi connectivity index (χ0v) is 12.3. The molecule has 112 valence electrons. The van der Waals surface area contributed by atoms with Crippen LogP contribution in [0.2, 0.25) is 0 Å². The Morgan fingerprint density at radius 2 is 2.14 bits per heavy atom. The summed E-state index contributed by atoms with van der Waals surface area (Å²) < 4.78 is 15.2. The van der Waals surface area contributed by atoms with Crippen molar-refractivity contribution in [1.82, 2.24) is 15.2 Å². The average Bonchev–Trinajstić information content (AvgIpc) is 3.11. The van der Waals surface area contributed by atoms with Gasteiger partial charge < -0.3 is 18.7 Å². The monoisotopic (exact) mass is 291 g/mol. The van der Waals surface area contributed by atoms with Crippen LogP contribution in [0.25, 0.3) is 0 Å². The molecule has 2 heterocycles. The Labute approximate surface area is 121 Å². The molecular weight excluding hydrogens is 274 g/mol. The van der Waals surface area contributed by atoms with E-state index in [0.717, 1.165) is 29.9 Å². The molecule has 0 bridgehead atoms. The highest BCUT2D eigenvalue weighted by molar-refractivity contribution is 5.92. The summed E-state index contributed by atoms with van der Waals surface area (Å²) in [4.78, 5) is 14.4. The quantitative estimate of drug-likeness (QED) is 0.839. The standard InChI is InChI=1S/C14H17N3O4/c1-8-11(9(2)20-15-8)7-17(10-4-5-10)14(18)12-6-13(19-3)16-21-12/h6,10H,4-5,7H2,1-3H3. The summed E-state index contributed by atoms with van der Waals surface area (Å²) >= 11 is 0. The molecule has 0 spiro atoms. The fourth-order valence-electron chi connectivity index (χ4n) is 2.25. The molecule has 3 rings (SSSR count). The second-order valence-corrected chi connectivity index (χ2v) is 5.20. The molecule has 1 amide bonds. The van der Waals surface area contributed by atoms with E-state index in [1.54, 1.807) is 4.90 Å². The predicted octanol–water partition coefficient (Wildman–Crippen LogP) is 2.09. The molecule has 7 heteroatoms. The lowest BCUT2D eigenvalue weighted by Crippen LogP contribution is -2.32. The van der Waals surface area contributed by atoms with Crippen LogP contribution in [0.5, 0.6) is 5.88 Å². The molecule has 21 heavy (non-hydrogen) atoms. The molecule has 1 aliphatic carbocycles. The Hall–Kier alpha value is -2.31. The van der Waals surface area contributed by atoms with Crippen LogP contribution in [0.1, 0.15) is 40.4 Å². The lowest BCUT2D eigenvalue weighted by molar-refractivity contribution is 0.0686. The summed E-state index contributed by atoms with van der Waals surface area (Å²) in [7, 11) is 1.48. The van der Waals surface area contributed by atoms with Crippen molar-refractivity contribution in [3.05, 3.63) is 28.8 Å². The highest BCUT2D eigenvalue weighted by Crippen LogP contribution is 2.31. The van der Waals surface area contributed by atoms with Crippen molar-refractivity contribution in [1.29, 1.82) is 0 Å². The van der Waals surface area contributed by atoms with Gasteiger partial charge in [0.15, 0.2) is 0 Å². The lowest BCUT2D eigenvalue weighted by Gasteiger charge is -2.20. The summed E-state index contributed by atoms with van der Waals surface area (Å²) in [5, 5.41) is 7.60. The molecular formula is C14H17N3O4. The minimum atomic E-state index is -0.187. The van der Waals surface area contributed by atoms with E-state index in [2.05, 4.69) is 10.3 Å². The normalized spacial score (nSPS) is 14.2. The maximum Gasteiger partial charge on any atom is 0.293 e. The SMILES string of the molecule is COc1cc(C(=O)N(Cc2c(C)noc2C)C2CC2)on1. The number of aryl methyl sites for hydroxylation is 2. The highest BCUT2D eigenvalue weighted by Gasteiger charge is 2.35. The van der Waals surface area contributed by atoms with E-state index in [9.17, 15) is 4.79 Å².